The van der Waals surface area contributed by atoms with Gasteiger partial charge in [-0.05, 0) is 12.1 Å². The molecule has 1 saturated heterocycles. The number of hydrogen-bond donors (Lipinski definition) is 0. The van der Waals surface area contributed by atoms with E-state index < -0.39 is 0 Å². The van der Waals surface area contributed by atoms with Gasteiger partial charge < -0.3 is 9.80 Å². The summed E-state index contributed by atoms with van der Waals surface area (Å²) >= 11 is 0. The van der Waals surface area contributed by atoms with Crippen molar-refractivity contribution < 1.29 is 4.79 Å². The molecule has 0 unspecified atom stereocenters. The number of piperazine rings is 1. The van der Waals surface area contributed by atoms with Gasteiger partial charge in [0.25, 0.3) is 0 Å². The van der Waals surface area contributed by atoms with Gasteiger partial charge in [0.2, 0.25) is 5.91 Å². The normalized spacial score (nSPS) is 14.5. The standard InChI is InChI=1S/C16H17N3O/c1-2-3-8-16(20)19-11-9-18(10-12-19)15-7-5-4-6-14(15)13-17/h1,4-7H,3,8-12H2. The van der Waals surface area contributed by atoms with E-state index in [1.807, 2.05) is 29.2 Å². The molecule has 1 aromatic carbocycles. The highest BCUT2D eigenvalue weighted by molar-refractivity contribution is 5.76. The zero-order valence-corrected chi connectivity index (χ0v) is 11.4. The summed E-state index contributed by atoms with van der Waals surface area (Å²) in [5, 5.41) is 9.13. The summed E-state index contributed by atoms with van der Waals surface area (Å²) in [5.41, 5.74) is 1.63. The van der Waals surface area contributed by atoms with Gasteiger partial charge >= 0.3 is 0 Å². The second-order valence-electron chi connectivity index (χ2n) is 4.70. The van der Waals surface area contributed by atoms with Crippen LogP contribution in [0.5, 0.6) is 0 Å². The summed E-state index contributed by atoms with van der Waals surface area (Å²) < 4.78 is 0. The Morgan fingerprint density at radius 1 is 1.25 bits per heavy atom. The Labute approximate surface area is 119 Å². The van der Waals surface area contributed by atoms with Gasteiger partial charge in [-0.1, -0.05) is 12.1 Å². The number of anilines is 1. The monoisotopic (exact) mass is 267 g/mol. The second-order valence-corrected chi connectivity index (χ2v) is 4.70. The lowest BCUT2D eigenvalue weighted by molar-refractivity contribution is -0.131. The van der Waals surface area contributed by atoms with Gasteiger partial charge in [0.15, 0.2) is 0 Å². The van der Waals surface area contributed by atoms with Crippen LogP contribution in [0.15, 0.2) is 24.3 Å². The molecule has 1 aliphatic heterocycles. The summed E-state index contributed by atoms with van der Waals surface area (Å²) in [6.45, 7) is 2.87. The number of carbonyl (C=O) groups excluding carboxylic acids is 1. The quantitative estimate of drug-likeness (QED) is 0.782. The van der Waals surface area contributed by atoms with Crippen molar-refractivity contribution in [2.24, 2.45) is 0 Å². The van der Waals surface area contributed by atoms with Crippen LogP contribution in [-0.2, 0) is 4.79 Å². The van der Waals surface area contributed by atoms with Crippen molar-refractivity contribution in [3.05, 3.63) is 29.8 Å². The van der Waals surface area contributed by atoms with Crippen LogP contribution in [-0.4, -0.2) is 37.0 Å². The van der Waals surface area contributed by atoms with E-state index in [9.17, 15) is 4.79 Å². The largest absolute Gasteiger partial charge is 0.367 e. The summed E-state index contributed by atoms with van der Waals surface area (Å²) in [6, 6.07) is 9.78. The molecule has 102 valence electrons. The Kier molecular flexibility index (Phi) is 4.63. The Bertz CT molecular complexity index is 560. The van der Waals surface area contributed by atoms with Gasteiger partial charge in [0.05, 0.1) is 11.3 Å². The molecule has 4 heteroatoms. The van der Waals surface area contributed by atoms with E-state index in [1.165, 1.54) is 0 Å². The predicted molar refractivity (Wildman–Crippen MR) is 78.0 cm³/mol. The topological polar surface area (TPSA) is 47.3 Å². The lowest BCUT2D eigenvalue weighted by Gasteiger charge is -2.36. The van der Waals surface area contributed by atoms with Gasteiger partial charge in [0, 0.05) is 39.0 Å². The predicted octanol–water partition coefficient (Wildman–Crippen LogP) is 1.62. The average Bonchev–Trinajstić information content (AvgIpc) is 2.52. The van der Waals surface area contributed by atoms with Gasteiger partial charge in [-0.2, -0.15) is 5.26 Å². The molecule has 0 aliphatic carbocycles. The van der Waals surface area contributed by atoms with Crippen LogP contribution < -0.4 is 4.90 Å². The molecule has 4 nitrogen and oxygen atoms in total. The fourth-order valence-corrected chi connectivity index (χ4v) is 2.38. The molecule has 1 fully saturated rings. The molecule has 0 bridgehead atoms. The number of carbonyl (C=O) groups is 1. The van der Waals surface area contributed by atoms with Crippen molar-refractivity contribution in [1.82, 2.24) is 4.90 Å². The van der Waals surface area contributed by atoms with Crippen LogP contribution >= 0.6 is 0 Å². The minimum Gasteiger partial charge on any atom is -0.367 e. The van der Waals surface area contributed by atoms with Crippen molar-refractivity contribution in [3.8, 4) is 18.4 Å². The Morgan fingerprint density at radius 3 is 2.60 bits per heavy atom. The summed E-state index contributed by atoms with van der Waals surface area (Å²) in [7, 11) is 0. The van der Waals surface area contributed by atoms with E-state index in [0.29, 0.717) is 31.5 Å². The molecule has 2 rings (SSSR count). The second kappa shape index (κ2) is 6.63. The van der Waals surface area contributed by atoms with Crippen LogP contribution in [0.25, 0.3) is 0 Å². The number of para-hydroxylation sites is 1. The van der Waals surface area contributed by atoms with Crippen LogP contribution in [0.1, 0.15) is 18.4 Å². The number of amides is 1. The zero-order valence-electron chi connectivity index (χ0n) is 11.4. The fourth-order valence-electron chi connectivity index (χ4n) is 2.38. The molecule has 0 aromatic heterocycles. The van der Waals surface area contributed by atoms with E-state index in [-0.39, 0.29) is 5.91 Å². The molecule has 1 aliphatic rings. The first kappa shape index (κ1) is 14.0. The van der Waals surface area contributed by atoms with E-state index in [0.717, 1.165) is 18.8 Å². The number of hydrogen-bond acceptors (Lipinski definition) is 3. The van der Waals surface area contributed by atoms with Crippen LogP contribution in [0.2, 0.25) is 0 Å². The maximum atomic E-state index is 11.9. The molecule has 1 amide bonds. The van der Waals surface area contributed by atoms with Gasteiger partial charge in [-0.15, -0.1) is 12.3 Å². The van der Waals surface area contributed by atoms with Gasteiger partial charge in [-0.25, -0.2) is 0 Å². The fraction of sp³-hybridized carbons (Fsp3) is 0.375. The number of nitrogens with zero attached hydrogens (tertiary/aromatic N) is 3. The maximum Gasteiger partial charge on any atom is 0.223 e. The van der Waals surface area contributed by atoms with Crippen molar-refractivity contribution in [2.45, 2.75) is 12.8 Å². The minimum absolute atomic E-state index is 0.121. The summed E-state index contributed by atoms with van der Waals surface area (Å²) in [4.78, 5) is 15.9. The van der Waals surface area contributed by atoms with E-state index in [1.54, 1.807) is 0 Å². The first-order chi connectivity index (χ1) is 9.76. The maximum absolute atomic E-state index is 11.9. The highest BCUT2D eigenvalue weighted by Crippen LogP contribution is 2.21. The highest BCUT2D eigenvalue weighted by atomic mass is 16.2. The molecule has 20 heavy (non-hydrogen) atoms. The van der Waals surface area contributed by atoms with Crippen molar-refractivity contribution in [2.75, 3.05) is 31.1 Å². The number of rotatable bonds is 3. The molecule has 0 atom stereocenters. The lowest BCUT2D eigenvalue weighted by Crippen LogP contribution is -2.48. The smallest absolute Gasteiger partial charge is 0.223 e. The molecule has 1 aromatic rings. The minimum atomic E-state index is 0.121. The molecular weight excluding hydrogens is 250 g/mol. The first-order valence-electron chi connectivity index (χ1n) is 6.71. The molecule has 0 N–H and O–H groups in total. The molecule has 0 spiro atoms. The first-order valence-corrected chi connectivity index (χ1v) is 6.71. The number of terminal acetylenes is 1. The zero-order chi connectivity index (χ0) is 14.4. The van der Waals surface area contributed by atoms with E-state index in [4.69, 9.17) is 11.7 Å². The van der Waals surface area contributed by atoms with Gasteiger partial charge in [-0.3, -0.25) is 4.79 Å². The van der Waals surface area contributed by atoms with Crippen LogP contribution in [0.3, 0.4) is 0 Å². The number of benzene rings is 1. The Morgan fingerprint density at radius 2 is 1.95 bits per heavy atom. The Balaban J connectivity index is 1.96. The van der Waals surface area contributed by atoms with Crippen LogP contribution in [0, 0.1) is 23.7 Å². The third-order valence-corrected chi connectivity index (χ3v) is 3.48. The van der Waals surface area contributed by atoms with Crippen molar-refractivity contribution in [3.63, 3.8) is 0 Å². The summed E-state index contributed by atoms with van der Waals surface area (Å²) in [5.74, 6) is 2.61. The molecular formula is C16H17N3O. The summed E-state index contributed by atoms with van der Waals surface area (Å²) in [6.07, 6.45) is 6.10. The molecule has 1 heterocycles. The number of nitriles is 1. The highest BCUT2D eigenvalue weighted by Gasteiger charge is 2.21. The SMILES string of the molecule is C#CCCC(=O)N1CCN(c2ccccc2C#N)CC1. The van der Waals surface area contributed by atoms with Crippen molar-refractivity contribution in [1.29, 1.82) is 5.26 Å². The molecule has 0 radical (unpaired) electrons. The van der Waals surface area contributed by atoms with Crippen LogP contribution in [0.4, 0.5) is 5.69 Å². The van der Waals surface area contributed by atoms with E-state index in [2.05, 4.69) is 16.9 Å². The van der Waals surface area contributed by atoms with Gasteiger partial charge in [0.1, 0.15) is 6.07 Å². The van der Waals surface area contributed by atoms with Crippen molar-refractivity contribution >= 4 is 11.6 Å². The molecule has 0 saturated carbocycles. The third kappa shape index (κ3) is 3.10. The third-order valence-electron chi connectivity index (χ3n) is 3.48. The lowest BCUT2D eigenvalue weighted by atomic mass is 10.1. The Hall–Kier alpha value is -2.46. The average molecular weight is 267 g/mol. The van der Waals surface area contributed by atoms with E-state index >= 15 is 0 Å².